The number of rotatable bonds is 4. The van der Waals surface area contributed by atoms with Gasteiger partial charge in [0, 0.05) is 13.0 Å². The van der Waals surface area contributed by atoms with Crippen LogP contribution in [-0.4, -0.2) is 35.5 Å². The third-order valence-electron chi connectivity index (χ3n) is 3.55. The maximum Gasteiger partial charge on any atom is 0.164 e. The van der Waals surface area contributed by atoms with Gasteiger partial charge >= 0.3 is 0 Å². The Morgan fingerprint density at radius 3 is 3.18 bits per heavy atom. The zero-order valence-corrected chi connectivity index (χ0v) is 10.6. The molecule has 0 saturated carbocycles. The van der Waals surface area contributed by atoms with Gasteiger partial charge in [-0.05, 0) is 38.8 Å². The molecular weight excluding hydrogens is 216 g/mol. The fourth-order valence-electron chi connectivity index (χ4n) is 2.57. The van der Waals surface area contributed by atoms with Gasteiger partial charge in [0.2, 0.25) is 0 Å². The van der Waals surface area contributed by atoms with Crippen LogP contribution in [0.25, 0.3) is 0 Å². The van der Waals surface area contributed by atoms with Crippen LogP contribution < -0.4 is 0 Å². The summed E-state index contributed by atoms with van der Waals surface area (Å²) >= 11 is 0. The predicted octanol–water partition coefficient (Wildman–Crippen LogP) is 2.15. The summed E-state index contributed by atoms with van der Waals surface area (Å²) in [4.78, 5) is 13.8. The van der Waals surface area contributed by atoms with Crippen molar-refractivity contribution in [2.45, 2.75) is 33.1 Å². The van der Waals surface area contributed by atoms with Crippen molar-refractivity contribution in [2.75, 3.05) is 19.6 Å². The molecule has 0 radical (unpaired) electrons. The molecule has 4 nitrogen and oxygen atoms in total. The van der Waals surface area contributed by atoms with Crippen molar-refractivity contribution in [2.24, 2.45) is 5.92 Å². The number of Topliss-reactive ketones (excluding diaryl/α,β-unsaturated/α-hetero) is 1. The monoisotopic (exact) mass is 236 g/mol. The molecule has 0 bridgehead atoms. The lowest BCUT2D eigenvalue weighted by Gasteiger charge is -2.31. The van der Waals surface area contributed by atoms with Crippen LogP contribution in [-0.2, 0) is 6.42 Å². The third kappa shape index (κ3) is 2.94. The summed E-state index contributed by atoms with van der Waals surface area (Å²) in [5.41, 5.74) is 0.652. The summed E-state index contributed by atoms with van der Waals surface area (Å²) in [5, 5.41) is 3.74. The van der Waals surface area contributed by atoms with Crippen molar-refractivity contribution < 1.29 is 9.32 Å². The number of likely N-dealkylation sites (tertiary alicyclic amines) is 1. The van der Waals surface area contributed by atoms with Crippen LogP contribution in [0.2, 0.25) is 0 Å². The second-order valence-corrected chi connectivity index (χ2v) is 4.82. The van der Waals surface area contributed by atoms with Gasteiger partial charge in [-0.1, -0.05) is 12.1 Å². The number of ketones is 1. The minimum absolute atomic E-state index is 0.0457. The highest BCUT2D eigenvalue weighted by Crippen LogP contribution is 2.22. The maximum absolute atomic E-state index is 11.4. The van der Waals surface area contributed by atoms with Crippen molar-refractivity contribution in [3.8, 4) is 0 Å². The first-order valence-corrected chi connectivity index (χ1v) is 6.37. The molecule has 1 aromatic rings. The lowest BCUT2D eigenvalue weighted by atomic mass is 9.92. The van der Waals surface area contributed by atoms with Crippen molar-refractivity contribution >= 4 is 5.78 Å². The molecule has 1 fully saturated rings. The number of carbonyl (C=O) groups excluding carboxylic acids is 1. The van der Waals surface area contributed by atoms with Crippen LogP contribution in [0.3, 0.4) is 0 Å². The van der Waals surface area contributed by atoms with Crippen LogP contribution in [0.4, 0.5) is 0 Å². The van der Waals surface area contributed by atoms with E-state index in [0.717, 1.165) is 25.3 Å². The van der Waals surface area contributed by atoms with E-state index < -0.39 is 0 Å². The molecule has 1 unspecified atom stereocenters. The lowest BCUT2D eigenvalue weighted by Crippen LogP contribution is -2.36. The van der Waals surface area contributed by atoms with Gasteiger partial charge in [-0.15, -0.1) is 0 Å². The smallest absolute Gasteiger partial charge is 0.164 e. The molecule has 0 spiro atoms. The molecular formula is C13H20N2O2. The van der Waals surface area contributed by atoms with E-state index in [2.05, 4.69) is 17.0 Å². The first-order chi connectivity index (χ1) is 8.20. The largest absolute Gasteiger partial charge is 0.361 e. The fourth-order valence-corrected chi connectivity index (χ4v) is 2.57. The number of aromatic nitrogens is 1. The van der Waals surface area contributed by atoms with Crippen LogP contribution in [0.5, 0.6) is 0 Å². The summed E-state index contributed by atoms with van der Waals surface area (Å²) in [5.74, 6) is 1.40. The average molecular weight is 236 g/mol. The number of hydrogen-bond acceptors (Lipinski definition) is 4. The molecule has 1 aromatic heterocycles. The summed E-state index contributed by atoms with van der Waals surface area (Å²) in [6.07, 6.45) is 4.83. The van der Waals surface area contributed by atoms with E-state index in [-0.39, 0.29) is 5.78 Å². The SMILES string of the molecule is CCN1CCCC(Cc2oncc2C(C)=O)C1. The Labute approximate surface area is 102 Å². The minimum atomic E-state index is 0.0457. The third-order valence-corrected chi connectivity index (χ3v) is 3.55. The van der Waals surface area contributed by atoms with E-state index in [1.807, 2.05) is 0 Å². The van der Waals surface area contributed by atoms with E-state index in [0.29, 0.717) is 11.5 Å². The zero-order chi connectivity index (χ0) is 12.3. The van der Waals surface area contributed by atoms with Gasteiger partial charge in [0.25, 0.3) is 0 Å². The van der Waals surface area contributed by atoms with E-state index in [1.165, 1.54) is 25.6 Å². The Hall–Kier alpha value is -1.16. The predicted molar refractivity (Wildman–Crippen MR) is 65.0 cm³/mol. The van der Waals surface area contributed by atoms with E-state index in [1.54, 1.807) is 6.92 Å². The number of hydrogen-bond donors (Lipinski definition) is 0. The molecule has 94 valence electrons. The van der Waals surface area contributed by atoms with Crippen molar-refractivity contribution in [1.82, 2.24) is 10.1 Å². The lowest BCUT2D eigenvalue weighted by molar-refractivity contribution is 0.101. The van der Waals surface area contributed by atoms with Gasteiger partial charge in [0.05, 0.1) is 11.8 Å². The van der Waals surface area contributed by atoms with Gasteiger partial charge in [0.15, 0.2) is 5.78 Å². The number of nitrogens with zero attached hydrogens (tertiary/aromatic N) is 2. The van der Waals surface area contributed by atoms with Gasteiger partial charge in [-0.2, -0.15) is 0 Å². The highest BCUT2D eigenvalue weighted by molar-refractivity contribution is 5.94. The van der Waals surface area contributed by atoms with Gasteiger partial charge in [-0.25, -0.2) is 0 Å². The maximum atomic E-state index is 11.4. The second kappa shape index (κ2) is 5.45. The van der Waals surface area contributed by atoms with E-state index in [4.69, 9.17) is 4.52 Å². The van der Waals surface area contributed by atoms with Crippen LogP contribution in [0.1, 0.15) is 42.8 Å². The van der Waals surface area contributed by atoms with Crippen LogP contribution in [0, 0.1) is 5.92 Å². The fraction of sp³-hybridized carbons (Fsp3) is 0.692. The van der Waals surface area contributed by atoms with Gasteiger partial charge in [0.1, 0.15) is 5.76 Å². The van der Waals surface area contributed by atoms with Crippen LogP contribution >= 0.6 is 0 Å². The van der Waals surface area contributed by atoms with Crippen LogP contribution in [0.15, 0.2) is 10.7 Å². The quantitative estimate of drug-likeness (QED) is 0.751. The highest BCUT2D eigenvalue weighted by atomic mass is 16.5. The summed E-state index contributed by atoms with van der Waals surface area (Å²) in [7, 11) is 0. The Morgan fingerprint density at radius 1 is 1.65 bits per heavy atom. The molecule has 1 aliphatic heterocycles. The topological polar surface area (TPSA) is 46.3 Å². The van der Waals surface area contributed by atoms with E-state index >= 15 is 0 Å². The molecule has 1 saturated heterocycles. The summed E-state index contributed by atoms with van der Waals surface area (Å²) in [6.45, 7) is 7.16. The van der Waals surface area contributed by atoms with Crippen molar-refractivity contribution in [3.05, 3.63) is 17.5 Å². The number of carbonyl (C=O) groups is 1. The molecule has 0 amide bonds. The molecule has 0 N–H and O–H groups in total. The minimum Gasteiger partial charge on any atom is -0.361 e. The normalized spacial score (nSPS) is 21.6. The Bertz CT molecular complexity index is 387. The summed E-state index contributed by atoms with van der Waals surface area (Å²) < 4.78 is 5.21. The van der Waals surface area contributed by atoms with Crippen molar-refractivity contribution in [1.29, 1.82) is 0 Å². The first kappa shape index (κ1) is 12.3. The number of piperidine rings is 1. The molecule has 1 aliphatic rings. The standard InChI is InChI=1S/C13H20N2O2/c1-3-15-6-4-5-11(9-15)7-13-12(10(2)16)8-14-17-13/h8,11H,3-7,9H2,1-2H3. The molecule has 0 aromatic carbocycles. The second-order valence-electron chi connectivity index (χ2n) is 4.82. The Morgan fingerprint density at radius 2 is 2.47 bits per heavy atom. The molecule has 4 heteroatoms. The van der Waals surface area contributed by atoms with Gasteiger partial charge < -0.3 is 9.42 Å². The Kier molecular flexibility index (Phi) is 3.94. The Balaban J connectivity index is 2.00. The molecule has 17 heavy (non-hydrogen) atoms. The van der Waals surface area contributed by atoms with Crippen molar-refractivity contribution in [3.63, 3.8) is 0 Å². The van der Waals surface area contributed by atoms with Gasteiger partial charge in [-0.3, -0.25) is 4.79 Å². The molecule has 2 rings (SSSR count). The zero-order valence-electron chi connectivity index (χ0n) is 10.6. The molecule has 1 atom stereocenters. The molecule has 0 aliphatic carbocycles. The molecule has 2 heterocycles. The first-order valence-electron chi connectivity index (χ1n) is 6.37. The highest BCUT2D eigenvalue weighted by Gasteiger charge is 2.22. The van der Waals surface area contributed by atoms with E-state index in [9.17, 15) is 4.79 Å². The average Bonchev–Trinajstić information content (AvgIpc) is 2.77. The summed E-state index contributed by atoms with van der Waals surface area (Å²) in [6, 6.07) is 0.